The predicted molar refractivity (Wildman–Crippen MR) is 246 cm³/mol. The van der Waals surface area contributed by atoms with Crippen LogP contribution in [0.25, 0.3) is 0 Å². The number of ether oxygens (including phenoxy) is 4. The van der Waals surface area contributed by atoms with E-state index < -0.39 is 0 Å². The molecule has 8 heteroatoms. The summed E-state index contributed by atoms with van der Waals surface area (Å²) in [5.74, 6) is 0.00217. The molecule has 0 aliphatic heterocycles. The third-order valence-electron chi connectivity index (χ3n) is 12.0. The normalized spacial score (nSPS) is 12.3. The number of carbonyl (C=O) groups is 2. The standard InChI is InChI=1S/C52H86O8/c1-5-7-9-11-13-15-17-19-21-23-25-27-29-31-51(55)59-41-45(37-43-33-35-47(53)49(39-43)57-3)46(38-44-34-36-48(54)50(40-44)58-4)42-60-52(56)32-30-28-26-24-22-20-18-16-14-12-10-8-6-2/h33-36,39-40,45-46,53-54H,5-32,37-38,41-42H2,1-4H3/t45-,46-/m1/s1. The number of benzene rings is 2. The quantitative estimate of drug-likeness (QED) is 0.0506. The molecule has 0 spiro atoms. The SMILES string of the molecule is CCCCCCCCCCCCCCCC(=O)OC[C@@H](Cc1ccc(O)c(OC)c1)[C@@H](COC(=O)CCCCCCCCCCCCCCC)Cc1ccc(O)c(OC)c1. The molecule has 2 rings (SSSR count). The van der Waals surface area contributed by atoms with Gasteiger partial charge in [0.15, 0.2) is 23.0 Å². The van der Waals surface area contributed by atoms with Crippen LogP contribution in [-0.4, -0.2) is 49.6 Å². The van der Waals surface area contributed by atoms with E-state index in [9.17, 15) is 19.8 Å². The number of hydrogen-bond acceptors (Lipinski definition) is 8. The second-order valence-corrected chi connectivity index (χ2v) is 17.3. The van der Waals surface area contributed by atoms with Crippen LogP contribution in [0, 0.1) is 11.8 Å². The summed E-state index contributed by atoms with van der Waals surface area (Å²) in [4.78, 5) is 26.2. The van der Waals surface area contributed by atoms with Gasteiger partial charge in [0.25, 0.3) is 0 Å². The Kier molecular flexibility index (Phi) is 30.9. The fourth-order valence-corrected chi connectivity index (χ4v) is 8.15. The molecule has 0 aliphatic rings. The van der Waals surface area contributed by atoms with Crippen LogP contribution in [0.4, 0.5) is 0 Å². The first-order valence-electron chi connectivity index (χ1n) is 24.3. The lowest BCUT2D eigenvalue weighted by atomic mass is 9.83. The number of hydrogen-bond donors (Lipinski definition) is 2. The van der Waals surface area contributed by atoms with E-state index in [2.05, 4.69) is 13.8 Å². The van der Waals surface area contributed by atoms with Crippen molar-refractivity contribution in [1.82, 2.24) is 0 Å². The van der Waals surface area contributed by atoms with Crippen LogP contribution in [0.5, 0.6) is 23.0 Å². The van der Waals surface area contributed by atoms with E-state index in [1.54, 1.807) is 24.3 Å². The topological polar surface area (TPSA) is 112 Å². The van der Waals surface area contributed by atoms with E-state index in [-0.39, 0.29) is 48.5 Å². The molecule has 0 aliphatic carbocycles. The van der Waals surface area contributed by atoms with Gasteiger partial charge < -0.3 is 29.2 Å². The molecule has 2 aromatic rings. The molecule has 0 aromatic heterocycles. The zero-order chi connectivity index (χ0) is 43.5. The Bertz CT molecular complexity index is 1270. The summed E-state index contributed by atoms with van der Waals surface area (Å²) in [5, 5.41) is 20.6. The summed E-state index contributed by atoms with van der Waals surface area (Å²) in [6, 6.07) is 10.5. The van der Waals surface area contributed by atoms with E-state index in [0.29, 0.717) is 37.2 Å². The molecule has 342 valence electrons. The van der Waals surface area contributed by atoms with Crippen LogP contribution in [-0.2, 0) is 31.9 Å². The lowest BCUT2D eigenvalue weighted by molar-refractivity contribution is -0.149. The molecule has 0 radical (unpaired) electrons. The van der Waals surface area contributed by atoms with Crippen molar-refractivity contribution in [3.05, 3.63) is 47.5 Å². The number of carbonyl (C=O) groups excluding carboxylic acids is 2. The van der Waals surface area contributed by atoms with Gasteiger partial charge in [-0.3, -0.25) is 9.59 Å². The molecule has 0 fully saturated rings. The maximum Gasteiger partial charge on any atom is 0.305 e. The average molecular weight is 839 g/mol. The number of rotatable bonds is 39. The van der Waals surface area contributed by atoms with Gasteiger partial charge in [0.05, 0.1) is 27.4 Å². The van der Waals surface area contributed by atoms with Gasteiger partial charge >= 0.3 is 11.9 Å². The molecule has 0 heterocycles. The molecule has 0 saturated carbocycles. The van der Waals surface area contributed by atoms with Crippen molar-refractivity contribution >= 4 is 11.9 Å². The van der Waals surface area contributed by atoms with Crippen molar-refractivity contribution in [1.29, 1.82) is 0 Å². The van der Waals surface area contributed by atoms with E-state index in [0.717, 1.165) is 49.7 Å². The zero-order valence-corrected chi connectivity index (χ0v) is 38.6. The Balaban J connectivity index is 1.95. The Hall–Kier alpha value is -3.42. The van der Waals surface area contributed by atoms with E-state index in [1.165, 1.54) is 143 Å². The second-order valence-electron chi connectivity index (χ2n) is 17.3. The van der Waals surface area contributed by atoms with Gasteiger partial charge in [-0.05, 0) is 61.1 Å². The number of phenolic OH excluding ortho intramolecular Hbond substituents is 2. The molecule has 0 bridgehead atoms. The minimum atomic E-state index is -0.212. The van der Waals surface area contributed by atoms with Crippen molar-refractivity contribution in [3.8, 4) is 23.0 Å². The molecule has 2 aromatic carbocycles. The largest absolute Gasteiger partial charge is 0.504 e. The first-order valence-corrected chi connectivity index (χ1v) is 24.3. The highest BCUT2D eigenvalue weighted by Gasteiger charge is 2.27. The van der Waals surface area contributed by atoms with Crippen LogP contribution in [0.3, 0.4) is 0 Å². The van der Waals surface area contributed by atoms with Gasteiger partial charge in [-0.15, -0.1) is 0 Å². The summed E-state index contributed by atoms with van der Waals surface area (Å²) in [7, 11) is 3.04. The Morgan fingerprint density at radius 2 is 0.733 bits per heavy atom. The highest BCUT2D eigenvalue weighted by Crippen LogP contribution is 2.32. The van der Waals surface area contributed by atoms with Crippen molar-refractivity contribution in [2.75, 3.05) is 27.4 Å². The van der Waals surface area contributed by atoms with Gasteiger partial charge in [0, 0.05) is 24.7 Å². The van der Waals surface area contributed by atoms with Crippen LogP contribution in [0.1, 0.15) is 205 Å². The zero-order valence-electron chi connectivity index (χ0n) is 38.6. The number of esters is 2. The molecule has 2 atom stereocenters. The molecular formula is C52H86O8. The van der Waals surface area contributed by atoms with Gasteiger partial charge in [0.1, 0.15) is 0 Å². The summed E-state index contributed by atoms with van der Waals surface area (Å²) < 4.78 is 22.8. The number of aromatic hydroxyl groups is 2. The average Bonchev–Trinajstić information content (AvgIpc) is 3.25. The van der Waals surface area contributed by atoms with Crippen LogP contribution in [0.15, 0.2) is 36.4 Å². The number of phenols is 2. The van der Waals surface area contributed by atoms with Gasteiger partial charge in [0.2, 0.25) is 0 Å². The van der Waals surface area contributed by atoms with E-state index in [1.807, 2.05) is 12.1 Å². The highest BCUT2D eigenvalue weighted by atomic mass is 16.5. The van der Waals surface area contributed by atoms with Crippen molar-refractivity contribution in [2.24, 2.45) is 11.8 Å². The highest BCUT2D eigenvalue weighted by molar-refractivity contribution is 5.69. The minimum Gasteiger partial charge on any atom is -0.504 e. The van der Waals surface area contributed by atoms with Gasteiger partial charge in [-0.1, -0.05) is 180 Å². The number of unbranched alkanes of at least 4 members (excludes halogenated alkanes) is 24. The van der Waals surface area contributed by atoms with Gasteiger partial charge in [-0.25, -0.2) is 0 Å². The van der Waals surface area contributed by atoms with E-state index >= 15 is 0 Å². The molecule has 60 heavy (non-hydrogen) atoms. The maximum atomic E-state index is 13.1. The summed E-state index contributed by atoms with van der Waals surface area (Å²) >= 11 is 0. The lowest BCUT2D eigenvalue weighted by Crippen LogP contribution is -2.30. The number of methoxy groups -OCH3 is 2. The van der Waals surface area contributed by atoms with Crippen LogP contribution in [0.2, 0.25) is 0 Å². The maximum absolute atomic E-state index is 13.1. The fraction of sp³-hybridized carbons (Fsp3) is 0.731. The Morgan fingerprint density at radius 3 is 1.02 bits per heavy atom. The smallest absolute Gasteiger partial charge is 0.305 e. The van der Waals surface area contributed by atoms with Crippen molar-refractivity contribution in [3.63, 3.8) is 0 Å². The Morgan fingerprint density at radius 1 is 0.450 bits per heavy atom. The summed E-state index contributed by atoms with van der Waals surface area (Å²) in [6.07, 6.45) is 34.2. The molecule has 0 unspecified atom stereocenters. The third-order valence-corrected chi connectivity index (χ3v) is 12.0. The summed E-state index contributed by atoms with van der Waals surface area (Å²) in [6.45, 7) is 4.85. The van der Waals surface area contributed by atoms with Crippen LogP contribution < -0.4 is 9.47 Å². The molecular weight excluding hydrogens is 753 g/mol. The molecule has 0 amide bonds. The lowest BCUT2D eigenvalue weighted by Gasteiger charge is -2.27. The fourth-order valence-electron chi connectivity index (χ4n) is 8.15. The molecule has 8 nitrogen and oxygen atoms in total. The predicted octanol–water partition coefficient (Wildman–Crippen LogP) is 14.2. The van der Waals surface area contributed by atoms with Crippen molar-refractivity contribution in [2.45, 2.75) is 206 Å². The Labute approximate surface area is 365 Å². The van der Waals surface area contributed by atoms with E-state index in [4.69, 9.17) is 18.9 Å². The van der Waals surface area contributed by atoms with Gasteiger partial charge in [-0.2, -0.15) is 0 Å². The second kappa shape index (κ2) is 35.2. The summed E-state index contributed by atoms with van der Waals surface area (Å²) in [5.41, 5.74) is 1.82. The first kappa shape index (κ1) is 52.7. The third kappa shape index (κ3) is 25.4. The minimum absolute atomic E-state index is 0.0527. The first-order chi connectivity index (χ1) is 29.3. The molecule has 2 N–H and O–H groups in total. The van der Waals surface area contributed by atoms with Crippen molar-refractivity contribution < 1.29 is 38.7 Å². The molecule has 0 saturated heterocycles. The van der Waals surface area contributed by atoms with Crippen LogP contribution >= 0.6 is 0 Å². The monoisotopic (exact) mass is 839 g/mol.